The van der Waals surface area contributed by atoms with Gasteiger partial charge in [-0.15, -0.1) is 0 Å². The number of benzene rings is 2. The minimum Gasteiger partial charge on any atom is -0.507 e. The summed E-state index contributed by atoms with van der Waals surface area (Å²) >= 11 is 0. The Hall–Kier alpha value is -2.82. The van der Waals surface area contributed by atoms with Crippen LogP contribution in [0.25, 0.3) is 0 Å². The van der Waals surface area contributed by atoms with Gasteiger partial charge in [0.15, 0.2) is 0 Å². The summed E-state index contributed by atoms with van der Waals surface area (Å²) in [5.41, 5.74) is 2.74. The van der Waals surface area contributed by atoms with Crippen molar-refractivity contribution in [2.75, 3.05) is 0 Å². The van der Waals surface area contributed by atoms with Crippen molar-refractivity contribution in [2.45, 2.75) is 58.5 Å². The van der Waals surface area contributed by atoms with E-state index in [0.29, 0.717) is 48.1 Å². The van der Waals surface area contributed by atoms with E-state index in [-0.39, 0.29) is 5.75 Å². The molecular formula is C23H28O5. The van der Waals surface area contributed by atoms with Gasteiger partial charge in [-0.2, -0.15) is 0 Å². The van der Waals surface area contributed by atoms with E-state index in [1.165, 1.54) is 0 Å². The lowest BCUT2D eigenvalue weighted by Gasteiger charge is -2.23. The molecule has 0 saturated heterocycles. The van der Waals surface area contributed by atoms with Crippen LogP contribution in [0.1, 0.15) is 61.5 Å². The lowest BCUT2D eigenvalue weighted by molar-refractivity contribution is -0.145. The minimum atomic E-state index is -1.16. The van der Waals surface area contributed by atoms with Crippen molar-refractivity contribution in [1.29, 1.82) is 0 Å². The summed E-state index contributed by atoms with van der Waals surface area (Å²) in [6.07, 6.45) is 3.33. The van der Waals surface area contributed by atoms with Gasteiger partial charge in [0, 0.05) is 17.5 Å². The Morgan fingerprint density at radius 1 is 1.07 bits per heavy atom. The predicted octanol–water partition coefficient (Wildman–Crippen LogP) is 4.63. The van der Waals surface area contributed by atoms with Crippen molar-refractivity contribution in [3.8, 4) is 11.5 Å². The van der Waals surface area contributed by atoms with E-state index in [1.54, 1.807) is 24.3 Å². The molecule has 28 heavy (non-hydrogen) atoms. The van der Waals surface area contributed by atoms with E-state index in [9.17, 15) is 19.8 Å². The van der Waals surface area contributed by atoms with Gasteiger partial charge in [-0.05, 0) is 36.5 Å². The monoisotopic (exact) mass is 384 g/mol. The number of hydrogen-bond acceptors (Lipinski definition) is 4. The molecule has 0 bridgehead atoms. The van der Waals surface area contributed by atoms with Crippen molar-refractivity contribution < 1.29 is 24.5 Å². The van der Waals surface area contributed by atoms with Crippen molar-refractivity contribution in [2.24, 2.45) is 0 Å². The second kappa shape index (κ2) is 10.5. The van der Waals surface area contributed by atoms with Crippen LogP contribution in [0.2, 0.25) is 0 Å². The van der Waals surface area contributed by atoms with Gasteiger partial charge in [-0.1, -0.05) is 57.0 Å². The molecule has 1 unspecified atom stereocenters. The zero-order valence-corrected chi connectivity index (χ0v) is 16.5. The minimum absolute atomic E-state index is 0.107. The lowest BCUT2D eigenvalue weighted by atomic mass is 9.94. The van der Waals surface area contributed by atoms with Crippen LogP contribution in [0.4, 0.5) is 0 Å². The number of phenolic OH excluding ortho intramolecular Hbond substituents is 1. The topological polar surface area (TPSA) is 83.8 Å². The molecule has 2 aromatic rings. The largest absolute Gasteiger partial charge is 0.507 e. The summed E-state index contributed by atoms with van der Waals surface area (Å²) in [4.78, 5) is 22.7. The van der Waals surface area contributed by atoms with Crippen LogP contribution in [-0.2, 0) is 28.9 Å². The SMILES string of the molecule is CCCc1cc(CCC=O)c(O)c(CCC)c1OC(C(=O)O)c1ccccc1. The van der Waals surface area contributed by atoms with Crippen LogP contribution in [0.5, 0.6) is 11.5 Å². The average molecular weight is 384 g/mol. The van der Waals surface area contributed by atoms with Crippen LogP contribution in [0, 0.1) is 0 Å². The number of aliphatic carboxylic acids is 1. The fraction of sp³-hybridized carbons (Fsp3) is 0.391. The van der Waals surface area contributed by atoms with E-state index in [0.717, 1.165) is 24.7 Å². The summed E-state index contributed by atoms with van der Waals surface area (Å²) in [6.45, 7) is 4.03. The van der Waals surface area contributed by atoms with Crippen LogP contribution in [-0.4, -0.2) is 22.5 Å². The van der Waals surface area contributed by atoms with Gasteiger partial charge >= 0.3 is 5.97 Å². The Labute approximate surface area is 166 Å². The summed E-state index contributed by atoms with van der Waals surface area (Å²) in [6, 6.07) is 10.6. The molecule has 0 radical (unpaired) electrons. The number of ether oxygens (including phenoxy) is 1. The molecule has 0 aliphatic heterocycles. The highest BCUT2D eigenvalue weighted by Crippen LogP contribution is 2.39. The maximum Gasteiger partial charge on any atom is 0.349 e. The number of carbonyl (C=O) groups is 2. The van der Waals surface area contributed by atoms with Crippen molar-refractivity contribution >= 4 is 12.3 Å². The third kappa shape index (κ3) is 5.12. The Kier molecular flexibility index (Phi) is 8.05. The molecule has 0 aliphatic rings. The first-order chi connectivity index (χ1) is 13.5. The number of phenols is 1. The molecule has 0 spiro atoms. The van der Waals surface area contributed by atoms with Crippen LogP contribution >= 0.6 is 0 Å². The second-order valence-electron chi connectivity index (χ2n) is 6.80. The average Bonchev–Trinajstić information content (AvgIpc) is 2.69. The normalized spacial score (nSPS) is 11.8. The van der Waals surface area contributed by atoms with E-state index >= 15 is 0 Å². The highest BCUT2D eigenvalue weighted by atomic mass is 16.5. The van der Waals surface area contributed by atoms with E-state index in [1.807, 2.05) is 26.0 Å². The Balaban J connectivity index is 2.57. The maximum absolute atomic E-state index is 11.9. The number of carboxylic acid groups (broad SMARTS) is 1. The standard InChI is InChI=1S/C23H28O5/c1-3-9-18-15-17(13-8-14-24)20(25)19(10-4-2)21(18)28-22(23(26)27)16-11-6-5-7-12-16/h5-7,11-12,14-15,22,25H,3-4,8-10,13H2,1-2H3,(H,26,27). The van der Waals surface area contributed by atoms with E-state index in [2.05, 4.69) is 0 Å². The fourth-order valence-electron chi connectivity index (χ4n) is 3.33. The molecule has 150 valence electrons. The molecule has 0 fully saturated rings. The zero-order valence-electron chi connectivity index (χ0n) is 16.5. The zero-order chi connectivity index (χ0) is 20.5. The molecule has 5 nitrogen and oxygen atoms in total. The van der Waals surface area contributed by atoms with Gasteiger partial charge in [0.2, 0.25) is 6.10 Å². The Bertz CT molecular complexity index is 798. The number of aromatic hydroxyl groups is 1. The molecule has 2 aromatic carbocycles. The molecule has 0 saturated carbocycles. The van der Waals surface area contributed by atoms with Crippen LogP contribution in [0.15, 0.2) is 36.4 Å². The molecule has 2 rings (SSSR count). The molecule has 2 N–H and O–H groups in total. The lowest BCUT2D eigenvalue weighted by Crippen LogP contribution is -2.20. The number of aryl methyl sites for hydroxylation is 2. The third-order valence-electron chi connectivity index (χ3n) is 4.62. The number of aldehydes is 1. The quantitative estimate of drug-likeness (QED) is 0.552. The molecule has 5 heteroatoms. The molecule has 1 atom stereocenters. The van der Waals surface area contributed by atoms with Gasteiger partial charge in [-0.25, -0.2) is 4.79 Å². The predicted molar refractivity (Wildman–Crippen MR) is 108 cm³/mol. The van der Waals surface area contributed by atoms with Crippen molar-refractivity contribution in [3.05, 3.63) is 58.7 Å². The number of rotatable bonds is 11. The van der Waals surface area contributed by atoms with E-state index < -0.39 is 12.1 Å². The Morgan fingerprint density at radius 2 is 1.75 bits per heavy atom. The summed E-state index contributed by atoms with van der Waals surface area (Å²) in [7, 11) is 0. The number of carboxylic acids is 1. The van der Waals surface area contributed by atoms with Crippen LogP contribution < -0.4 is 4.74 Å². The van der Waals surface area contributed by atoms with Gasteiger partial charge < -0.3 is 19.7 Å². The van der Waals surface area contributed by atoms with Crippen molar-refractivity contribution in [3.63, 3.8) is 0 Å². The highest BCUT2D eigenvalue weighted by molar-refractivity contribution is 5.75. The number of hydrogen-bond donors (Lipinski definition) is 2. The first kappa shape index (κ1) is 21.5. The maximum atomic E-state index is 11.9. The molecule has 0 aliphatic carbocycles. The van der Waals surface area contributed by atoms with Crippen LogP contribution in [0.3, 0.4) is 0 Å². The summed E-state index contributed by atoms with van der Waals surface area (Å²) in [5.74, 6) is -0.524. The molecule has 0 aromatic heterocycles. The fourth-order valence-corrected chi connectivity index (χ4v) is 3.33. The first-order valence-corrected chi connectivity index (χ1v) is 9.78. The van der Waals surface area contributed by atoms with Gasteiger partial charge in [0.25, 0.3) is 0 Å². The summed E-state index contributed by atoms with van der Waals surface area (Å²) in [5, 5.41) is 20.5. The van der Waals surface area contributed by atoms with Gasteiger partial charge in [0.05, 0.1) is 0 Å². The third-order valence-corrected chi connectivity index (χ3v) is 4.62. The molecule has 0 heterocycles. The molecular weight excluding hydrogens is 356 g/mol. The van der Waals surface area contributed by atoms with Gasteiger partial charge in [0.1, 0.15) is 17.8 Å². The van der Waals surface area contributed by atoms with E-state index in [4.69, 9.17) is 4.74 Å². The Morgan fingerprint density at radius 3 is 2.32 bits per heavy atom. The second-order valence-corrected chi connectivity index (χ2v) is 6.80. The first-order valence-electron chi connectivity index (χ1n) is 9.78. The molecule has 0 amide bonds. The number of carbonyl (C=O) groups excluding carboxylic acids is 1. The van der Waals surface area contributed by atoms with Gasteiger partial charge in [-0.3, -0.25) is 0 Å². The van der Waals surface area contributed by atoms with Crippen molar-refractivity contribution in [1.82, 2.24) is 0 Å². The smallest absolute Gasteiger partial charge is 0.349 e. The summed E-state index contributed by atoms with van der Waals surface area (Å²) < 4.78 is 6.04. The highest BCUT2D eigenvalue weighted by Gasteiger charge is 2.26.